The van der Waals surface area contributed by atoms with Crippen LogP contribution in [0.25, 0.3) is 0 Å². The van der Waals surface area contributed by atoms with E-state index in [4.69, 9.17) is 0 Å². The van der Waals surface area contributed by atoms with E-state index in [1.54, 1.807) is 0 Å². The fourth-order valence-corrected chi connectivity index (χ4v) is 2.14. The molecule has 0 spiro atoms. The van der Waals surface area contributed by atoms with E-state index in [2.05, 4.69) is 25.5 Å². The molecule has 5 nitrogen and oxygen atoms in total. The first kappa shape index (κ1) is 14.8. The molecule has 2 heterocycles. The number of hydrogen-bond acceptors (Lipinski definition) is 5. The Balaban J connectivity index is 1.98. The molecule has 0 aliphatic carbocycles. The van der Waals surface area contributed by atoms with E-state index in [1.807, 2.05) is 0 Å². The Kier molecular flexibility index (Phi) is 4.64. The van der Waals surface area contributed by atoms with Crippen LogP contribution in [0.5, 0.6) is 0 Å². The van der Waals surface area contributed by atoms with Gasteiger partial charge < -0.3 is 15.5 Å². The zero-order valence-corrected chi connectivity index (χ0v) is 11.3. The molecule has 0 atom stereocenters. The Morgan fingerprint density at radius 1 is 1.20 bits per heavy atom. The molecule has 8 heteroatoms. The van der Waals surface area contributed by atoms with E-state index >= 15 is 0 Å². The van der Waals surface area contributed by atoms with E-state index in [-0.39, 0.29) is 11.6 Å². The lowest BCUT2D eigenvalue weighted by molar-refractivity contribution is -0.144. The van der Waals surface area contributed by atoms with Crippen LogP contribution in [-0.2, 0) is 6.18 Å². The summed E-state index contributed by atoms with van der Waals surface area (Å²) in [6, 6.07) is 1.47. The molecule has 1 aliphatic heterocycles. The van der Waals surface area contributed by atoms with E-state index in [9.17, 15) is 13.2 Å². The van der Waals surface area contributed by atoms with E-state index < -0.39 is 12.0 Å². The van der Waals surface area contributed by atoms with Gasteiger partial charge in [0.05, 0.1) is 0 Å². The second-order valence-corrected chi connectivity index (χ2v) is 4.69. The summed E-state index contributed by atoms with van der Waals surface area (Å²) >= 11 is 0. The molecule has 1 aromatic heterocycles. The second kappa shape index (κ2) is 6.25. The van der Waals surface area contributed by atoms with Gasteiger partial charge in [0, 0.05) is 26.2 Å². The predicted octanol–water partition coefficient (Wildman–Crippen LogP) is 2.04. The third-order valence-corrected chi connectivity index (χ3v) is 3.17. The summed E-state index contributed by atoms with van der Waals surface area (Å²) in [5.41, 5.74) is 0. The van der Waals surface area contributed by atoms with Crippen molar-refractivity contribution in [3.05, 3.63) is 11.9 Å². The van der Waals surface area contributed by atoms with Crippen molar-refractivity contribution in [3.63, 3.8) is 0 Å². The van der Waals surface area contributed by atoms with Gasteiger partial charge in [0.2, 0.25) is 5.82 Å². The molecular weight excluding hydrogens is 271 g/mol. The van der Waals surface area contributed by atoms with Crippen molar-refractivity contribution in [2.24, 2.45) is 0 Å². The Morgan fingerprint density at radius 3 is 2.45 bits per heavy atom. The van der Waals surface area contributed by atoms with Gasteiger partial charge in [-0.3, -0.25) is 0 Å². The Hall–Kier alpha value is -1.57. The number of anilines is 2. The molecule has 1 fully saturated rings. The average Bonchev–Trinajstić information content (AvgIpc) is 2.90. The largest absolute Gasteiger partial charge is 0.451 e. The van der Waals surface area contributed by atoms with Gasteiger partial charge in [-0.25, -0.2) is 9.97 Å². The summed E-state index contributed by atoms with van der Waals surface area (Å²) in [5.74, 6) is -0.792. The fourth-order valence-electron chi connectivity index (χ4n) is 2.14. The SMILES string of the molecule is CNc1cc(NCCN2CCCC2)nc(C(F)(F)F)n1. The van der Waals surface area contributed by atoms with Crippen LogP contribution in [0.15, 0.2) is 6.07 Å². The van der Waals surface area contributed by atoms with Crippen molar-refractivity contribution in [1.82, 2.24) is 14.9 Å². The number of halogens is 3. The highest BCUT2D eigenvalue weighted by Crippen LogP contribution is 2.28. The Labute approximate surface area is 115 Å². The zero-order valence-electron chi connectivity index (χ0n) is 11.3. The van der Waals surface area contributed by atoms with Crippen LogP contribution >= 0.6 is 0 Å². The highest BCUT2D eigenvalue weighted by molar-refractivity contribution is 5.47. The molecule has 112 valence electrons. The fraction of sp³-hybridized carbons (Fsp3) is 0.667. The summed E-state index contributed by atoms with van der Waals surface area (Å²) < 4.78 is 38.0. The summed E-state index contributed by atoms with van der Waals surface area (Å²) in [6.07, 6.45) is -2.16. The quantitative estimate of drug-likeness (QED) is 0.869. The summed E-state index contributed by atoms with van der Waals surface area (Å²) in [7, 11) is 1.52. The first-order valence-electron chi connectivity index (χ1n) is 6.59. The summed E-state index contributed by atoms with van der Waals surface area (Å²) in [6.45, 7) is 3.49. The van der Waals surface area contributed by atoms with Gasteiger partial charge in [-0.1, -0.05) is 0 Å². The lowest BCUT2D eigenvalue weighted by Gasteiger charge is -2.16. The van der Waals surface area contributed by atoms with Crippen LogP contribution in [0.2, 0.25) is 0 Å². The summed E-state index contributed by atoms with van der Waals surface area (Å²) in [4.78, 5) is 9.20. The standard InChI is InChI=1S/C12H18F3N5/c1-16-9-8-10(19-11(18-9)12(13,14)15)17-4-7-20-5-2-3-6-20/h8H,2-7H2,1H3,(H2,16,17,18,19). The molecule has 1 aliphatic rings. The second-order valence-electron chi connectivity index (χ2n) is 4.69. The van der Waals surface area contributed by atoms with Gasteiger partial charge in [-0.2, -0.15) is 13.2 Å². The Bertz CT molecular complexity index is 443. The van der Waals surface area contributed by atoms with Gasteiger partial charge in [0.15, 0.2) is 0 Å². The average molecular weight is 289 g/mol. The molecule has 2 N–H and O–H groups in total. The normalized spacial score (nSPS) is 16.4. The lowest BCUT2D eigenvalue weighted by atomic mass is 10.4. The van der Waals surface area contributed by atoms with E-state index in [0.717, 1.165) is 19.6 Å². The highest BCUT2D eigenvalue weighted by atomic mass is 19.4. The Morgan fingerprint density at radius 2 is 1.85 bits per heavy atom. The van der Waals surface area contributed by atoms with Gasteiger partial charge >= 0.3 is 6.18 Å². The maximum Gasteiger partial charge on any atom is 0.451 e. The van der Waals surface area contributed by atoms with Crippen LogP contribution < -0.4 is 10.6 Å². The topological polar surface area (TPSA) is 53.1 Å². The molecule has 1 saturated heterocycles. The zero-order chi connectivity index (χ0) is 14.6. The predicted molar refractivity (Wildman–Crippen MR) is 70.7 cm³/mol. The molecule has 0 unspecified atom stereocenters. The molecular formula is C12H18F3N5. The van der Waals surface area contributed by atoms with Gasteiger partial charge in [0.25, 0.3) is 0 Å². The van der Waals surface area contributed by atoms with Crippen molar-refractivity contribution in [2.45, 2.75) is 19.0 Å². The minimum Gasteiger partial charge on any atom is -0.373 e. The molecule has 0 aromatic carbocycles. The number of hydrogen-bond donors (Lipinski definition) is 2. The van der Waals surface area contributed by atoms with Crippen molar-refractivity contribution in [2.75, 3.05) is 43.9 Å². The van der Waals surface area contributed by atoms with Crippen molar-refractivity contribution in [3.8, 4) is 0 Å². The van der Waals surface area contributed by atoms with Crippen molar-refractivity contribution >= 4 is 11.6 Å². The number of nitrogens with one attached hydrogen (secondary N) is 2. The van der Waals surface area contributed by atoms with E-state index in [0.29, 0.717) is 6.54 Å². The van der Waals surface area contributed by atoms with Crippen molar-refractivity contribution < 1.29 is 13.2 Å². The molecule has 0 saturated carbocycles. The molecule has 20 heavy (non-hydrogen) atoms. The first-order chi connectivity index (χ1) is 9.49. The monoisotopic (exact) mass is 289 g/mol. The highest BCUT2D eigenvalue weighted by Gasteiger charge is 2.35. The number of aromatic nitrogens is 2. The third-order valence-electron chi connectivity index (χ3n) is 3.17. The lowest BCUT2D eigenvalue weighted by Crippen LogP contribution is -2.26. The summed E-state index contributed by atoms with van der Waals surface area (Å²) in [5, 5.41) is 5.54. The molecule has 0 bridgehead atoms. The molecule has 0 radical (unpaired) electrons. The maximum atomic E-state index is 12.7. The van der Waals surface area contributed by atoms with Gasteiger partial charge in [0.1, 0.15) is 11.6 Å². The van der Waals surface area contributed by atoms with Gasteiger partial charge in [-0.15, -0.1) is 0 Å². The number of alkyl halides is 3. The van der Waals surface area contributed by atoms with Crippen LogP contribution in [0.4, 0.5) is 24.8 Å². The van der Waals surface area contributed by atoms with Crippen molar-refractivity contribution in [1.29, 1.82) is 0 Å². The van der Waals surface area contributed by atoms with Gasteiger partial charge in [-0.05, 0) is 25.9 Å². The molecule has 1 aromatic rings. The number of likely N-dealkylation sites (tertiary alicyclic amines) is 1. The molecule has 0 amide bonds. The van der Waals surface area contributed by atoms with Crippen LogP contribution in [-0.4, -0.2) is 48.1 Å². The maximum absolute atomic E-state index is 12.7. The van der Waals surface area contributed by atoms with Crippen LogP contribution in [0, 0.1) is 0 Å². The van der Waals surface area contributed by atoms with E-state index in [1.165, 1.54) is 26.0 Å². The minimum absolute atomic E-state index is 0.149. The molecule has 2 rings (SSSR count). The number of rotatable bonds is 5. The number of nitrogens with zero attached hydrogens (tertiary/aromatic N) is 3. The van der Waals surface area contributed by atoms with Crippen LogP contribution in [0.3, 0.4) is 0 Å². The third kappa shape index (κ3) is 3.96. The first-order valence-corrected chi connectivity index (χ1v) is 6.59. The minimum atomic E-state index is -4.54. The smallest absolute Gasteiger partial charge is 0.373 e. The van der Waals surface area contributed by atoms with Crippen LogP contribution in [0.1, 0.15) is 18.7 Å².